The van der Waals surface area contributed by atoms with Crippen molar-refractivity contribution in [2.75, 3.05) is 5.32 Å². The number of pyridine rings is 1. The molecule has 0 unspecified atom stereocenters. The van der Waals surface area contributed by atoms with Crippen LogP contribution in [-0.2, 0) is 6.42 Å². The number of nitrogens with one attached hydrogen (secondary N) is 1. The summed E-state index contributed by atoms with van der Waals surface area (Å²) in [5, 5.41) is 14.5. The van der Waals surface area contributed by atoms with Gasteiger partial charge in [-0.2, -0.15) is 5.26 Å². The molecule has 0 bridgehead atoms. The molecule has 0 saturated carbocycles. The molecule has 2 heterocycles. The molecule has 6 heteroatoms. The maximum absolute atomic E-state index is 13.3. The second-order valence-corrected chi connectivity index (χ2v) is 8.44. The maximum Gasteiger partial charge on any atom is 0.257 e. The molecule has 0 aliphatic rings. The van der Waals surface area contributed by atoms with Crippen LogP contribution in [0.5, 0.6) is 0 Å². The number of aromatic nitrogens is 1. The number of amides is 1. The zero-order valence-electron chi connectivity index (χ0n) is 16.5. The predicted molar refractivity (Wildman–Crippen MR) is 123 cm³/mol. The summed E-state index contributed by atoms with van der Waals surface area (Å²) in [6.07, 6.45) is 0.746. The largest absolute Gasteiger partial charge is 0.312 e. The summed E-state index contributed by atoms with van der Waals surface area (Å²) >= 11 is 7.80. The van der Waals surface area contributed by atoms with Crippen molar-refractivity contribution in [3.05, 3.63) is 81.2 Å². The summed E-state index contributed by atoms with van der Waals surface area (Å²) in [5.74, 6) is -0.276. The Morgan fingerprint density at radius 3 is 2.67 bits per heavy atom. The molecule has 0 fully saturated rings. The molecule has 30 heavy (non-hydrogen) atoms. The Morgan fingerprint density at radius 2 is 1.93 bits per heavy atom. The second kappa shape index (κ2) is 8.27. The number of benzene rings is 2. The number of fused-ring (bicyclic) bond motifs is 1. The normalized spacial score (nSPS) is 10.7. The lowest BCUT2D eigenvalue weighted by atomic mass is 10.0. The van der Waals surface area contributed by atoms with Crippen LogP contribution in [0.1, 0.15) is 33.3 Å². The Bertz CT molecular complexity index is 1320. The van der Waals surface area contributed by atoms with E-state index in [9.17, 15) is 10.1 Å². The number of rotatable bonds is 4. The summed E-state index contributed by atoms with van der Waals surface area (Å²) in [7, 11) is 0. The molecular weight excluding hydrogens is 414 g/mol. The van der Waals surface area contributed by atoms with Crippen molar-refractivity contribution >= 4 is 44.7 Å². The molecule has 1 amide bonds. The quantitative estimate of drug-likeness (QED) is 0.395. The second-order valence-electron chi connectivity index (χ2n) is 6.81. The lowest BCUT2D eigenvalue weighted by Gasteiger charge is -2.11. The highest BCUT2D eigenvalue weighted by Crippen LogP contribution is 2.34. The monoisotopic (exact) mass is 431 g/mol. The molecule has 0 atom stereocenters. The van der Waals surface area contributed by atoms with Gasteiger partial charge in [0.2, 0.25) is 0 Å². The zero-order valence-corrected chi connectivity index (χ0v) is 18.1. The molecule has 4 aromatic rings. The molecule has 0 saturated heterocycles. The van der Waals surface area contributed by atoms with E-state index in [0.717, 1.165) is 27.8 Å². The molecule has 4 rings (SSSR count). The lowest BCUT2D eigenvalue weighted by Crippen LogP contribution is -2.13. The van der Waals surface area contributed by atoms with Crippen LogP contribution in [-0.4, -0.2) is 10.9 Å². The van der Waals surface area contributed by atoms with E-state index in [1.54, 1.807) is 12.1 Å². The van der Waals surface area contributed by atoms with Gasteiger partial charge in [-0.15, -0.1) is 11.3 Å². The van der Waals surface area contributed by atoms with Crippen LogP contribution in [0.4, 0.5) is 5.00 Å². The molecule has 2 aromatic heterocycles. The van der Waals surface area contributed by atoms with Gasteiger partial charge in [0.1, 0.15) is 11.1 Å². The molecule has 148 valence electrons. The van der Waals surface area contributed by atoms with Crippen molar-refractivity contribution in [1.82, 2.24) is 4.98 Å². The number of carbonyl (C=O) groups is 1. The van der Waals surface area contributed by atoms with Crippen LogP contribution >= 0.6 is 22.9 Å². The molecule has 4 nitrogen and oxygen atoms in total. The highest BCUT2D eigenvalue weighted by molar-refractivity contribution is 7.16. The Kier molecular flexibility index (Phi) is 5.54. The van der Waals surface area contributed by atoms with Crippen molar-refractivity contribution in [3.63, 3.8) is 0 Å². The van der Waals surface area contributed by atoms with Gasteiger partial charge in [-0.05, 0) is 37.1 Å². The highest BCUT2D eigenvalue weighted by atomic mass is 35.5. The van der Waals surface area contributed by atoms with Gasteiger partial charge in [-0.1, -0.05) is 54.9 Å². The molecule has 1 N–H and O–H groups in total. The number of nitriles is 1. The van der Waals surface area contributed by atoms with Crippen LogP contribution in [0.25, 0.3) is 22.2 Å². The Morgan fingerprint density at radius 1 is 1.20 bits per heavy atom. The number of aryl methyl sites for hydroxylation is 1. The molecule has 0 radical (unpaired) electrons. The number of nitrogens with zero attached hydrogens (tertiary/aromatic N) is 2. The van der Waals surface area contributed by atoms with E-state index in [1.807, 2.05) is 56.3 Å². The van der Waals surface area contributed by atoms with E-state index >= 15 is 0 Å². The number of anilines is 1. The van der Waals surface area contributed by atoms with Gasteiger partial charge in [-0.3, -0.25) is 4.79 Å². The molecule has 0 aliphatic heterocycles. The fourth-order valence-electron chi connectivity index (χ4n) is 3.55. The average molecular weight is 432 g/mol. The number of hydrogen-bond acceptors (Lipinski definition) is 4. The van der Waals surface area contributed by atoms with E-state index in [0.29, 0.717) is 32.4 Å². The summed E-state index contributed by atoms with van der Waals surface area (Å²) < 4.78 is 0. The van der Waals surface area contributed by atoms with Crippen LogP contribution in [0.15, 0.2) is 54.6 Å². The standard InChI is InChI=1S/C24H18ClN3OS/c1-3-15-14(2)30-24(19(15)13-26)28-23(29)18-12-22(17-9-4-6-10-20(17)25)27-21-11-7-5-8-16(18)21/h4-12H,3H2,1-2H3,(H,28,29). The predicted octanol–water partition coefficient (Wildman–Crippen LogP) is 6.61. The molecular formula is C24H18ClN3OS. The highest BCUT2D eigenvalue weighted by Gasteiger charge is 2.20. The van der Waals surface area contributed by atoms with E-state index in [1.165, 1.54) is 11.3 Å². The number of halogens is 1. The number of thiophene rings is 1. The van der Waals surface area contributed by atoms with E-state index < -0.39 is 0 Å². The minimum Gasteiger partial charge on any atom is -0.312 e. The fourth-order valence-corrected chi connectivity index (χ4v) is 4.87. The Balaban J connectivity index is 1.84. The maximum atomic E-state index is 13.3. The summed E-state index contributed by atoms with van der Waals surface area (Å²) in [6, 6.07) is 18.9. The molecule has 0 spiro atoms. The number of hydrogen-bond donors (Lipinski definition) is 1. The SMILES string of the molecule is CCc1c(C)sc(NC(=O)c2cc(-c3ccccc3Cl)nc3ccccc23)c1C#N. The van der Waals surface area contributed by atoms with Gasteiger partial charge in [0, 0.05) is 20.8 Å². The minimum absolute atomic E-state index is 0.276. The Labute approximate surface area is 183 Å². The zero-order chi connectivity index (χ0) is 21.3. The van der Waals surface area contributed by atoms with Gasteiger partial charge in [0.05, 0.1) is 22.3 Å². The number of carbonyl (C=O) groups excluding carboxylic acids is 1. The van der Waals surface area contributed by atoms with Gasteiger partial charge < -0.3 is 5.32 Å². The topological polar surface area (TPSA) is 65.8 Å². The number of para-hydroxylation sites is 1. The summed E-state index contributed by atoms with van der Waals surface area (Å²) in [5.41, 5.74) is 4.10. The van der Waals surface area contributed by atoms with Crippen molar-refractivity contribution in [2.45, 2.75) is 20.3 Å². The first kappa shape index (κ1) is 20.1. The summed E-state index contributed by atoms with van der Waals surface area (Å²) in [4.78, 5) is 19.0. The van der Waals surface area contributed by atoms with Gasteiger partial charge in [-0.25, -0.2) is 4.98 Å². The third kappa shape index (κ3) is 3.56. The molecule has 2 aromatic carbocycles. The van der Waals surface area contributed by atoms with E-state index in [2.05, 4.69) is 11.4 Å². The van der Waals surface area contributed by atoms with Crippen LogP contribution in [0, 0.1) is 18.3 Å². The van der Waals surface area contributed by atoms with Gasteiger partial charge >= 0.3 is 0 Å². The van der Waals surface area contributed by atoms with Crippen molar-refractivity contribution in [3.8, 4) is 17.3 Å². The third-order valence-corrected chi connectivity index (χ3v) is 6.40. The first-order valence-electron chi connectivity index (χ1n) is 9.51. The van der Waals surface area contributed by atoms with Gasteiger partial charge in [0.15, 0.2) is 0 Å². The van der Waals surface area contributed by atoms with Crippen LogP contribution in [0.2, 0.25) is 5.02 Å². The van der Waals surface area contributed by atoms with Crippen molar-refractivity contribution < 1.29 is 4.79 Å². The van der Waals surface area contributed by atoms with Crippen LogP contribution < -0.4 is 5.32 Å². The average Bonchev–Trinajstić information content (AvgIpc) is 3.06. The fraction of sp³-hybridized carbons (Fsp3) is 0.125. The van der Waals surface area contributed by atoms with E-state index in [4.69, 9.17) is 16.6 Å². The van der Waals surface area contributed by atoms with Gasteiger partial charge in [0.25, 0.3) is 5.91 Å². The summed E-state index contributed by atoms with van der Waals surface area (Å²) in [6.45, 7) is 3.98. The molecule has 0 aliphatic carbocycles. The van der Waals surface area contributed by atoms with E-state index in [-0.39, 0.29) is 5.91 Å². The third-order valence-electron chi connectivity index (χ3n) is 5.01. The Hall–Kier alpha value is -3.20. The first-order valence-corrected chi connectivity index (χ1v) is 10.7. The lowest BCUT2D eigenvalue weighted by molar-refractivity contribution is 0.102. The van der Waals surface area contributed by atoms with Crippen molar-refractivity contribution in [1.29, 1.82) is 5.26 Å². The minimum atomic E-state index is -0.276. The van der Waals surface area contributed by atoms with Crippen LogP contribution in [0.3, 0.4) is 0 Å². The smallest absolute Gasteiger partial charge is 0.257 e. The first-order chi connectivity index (χ1) is 14.5. The van der Waals surface area contributed by atoms with Crippen molar-refractivity contribution in [2.24, 2.45) is 0 Å².